The van der Waals surface area contributed by atoms with E-state index in [9.17, 15) is 79.4 Å². The van der Waals surface area contributed by atoms with Crippen molar-refractivity contribution in [2.75, 3.05) is 0 Å². The van der Waals surface area contributed by atoms with Gasteiger partial charge in [-0.15, -0.1) is 0 Å². The van der Waals surface area contributed by atoms with Gasteiger partial charge < -0.3 is 25.2 Å². The summed E-state index contributed by atoms with van der Waals surface area (Å²) in [5.41, 5.74) is 0. The third-order valence-electron chi connectivity index (χ3n) is 4.28. The molecule has 4 atom stereocenters. The molecule has 22 heteroatoms. The normalized spacial score (nSPS) is 19.2. The van der Waals surface area contributed by atoms with Crippen LogP contribution in [0.3, 0.4) is 0 Å². The number of alkyl halides is 17. The highest BCUT2D eigenvalue weighted by molar-refractivity contribution is 5.56. The standard InChI is InChI=1S/C13H9F17O5/c14-6(15,5(35)4(34)3(33)2(32)1-31)7(16,17)8(18,19)9(20,21)10(22,23)11(24,25)12(26,27)13(28,29)30/h1-5,32-35H/t2-,3+,4-,5+/m0/s1. The zero-order chi connectivity index (χ0) is 29.0. The third-order valence-corrected chi connectivity index (χ3v) is 4.28. The van der Waals surface area contributed by atoms with E-state index in [1.165, 1.54) is 0 Å². The van der Waals surface area contributed by atoms with Crippen molar-refractivity contribution in [2.24, 2.45) is 0 Å². The number of carbonyl (C=O) groups is 1. The number of halogens is 17. The van der Waals surface area contributed by atoms with Crippen molar-refractivity contribution >= 4 is 6.29 Å². The molecule has 5 nitrogen and oxygen atoms in total. The molecular weight excluding hydrogens is 559 g/mol. The predicted molar refractivity (Wildman–Crippen MR) is 70.8 cm³/mol. The van der Waals surface area contributed by atoms with Gasteiger partial charge in [-0.05, 0) is 0 Å². The molecule has 0 amide bonds. The zero-order valence-electron chi connectivity index (χ0n) is 15.5. The molecule has 35 heavy (non-hydrogen) atoms. The molecule has 0 aliphatic carbocycles. The summed E-state index contributed by atoms with van der Waals surface area (Å²) in [6.07, 6.45) is -24.5. The average Bonchev–Trinajstić information content (AvgIpc) is 2.69. The highest BCUT2D eigenvalue weighted by atomic mass is 19.4. The molecule has 0 saturated heterocycles. The Bertz CT molecular complexity index is 764. The Balaban J connectivity index is 6.77. The predicted octanol–water partition coefficient (Wildman–Crippen LogP) is 2.64. The first-order chi connectivity index (χ1) is 15.0. The Morgan fingerprint density at radius 3 is 1.03 bits per heavy atom. The van der Waals surface area contributed by atoms with E-state index in [2.05, 4.69) is 0 Å². The Morgan fingerprint density at radius 1 is 0.457 bits per heavy atom. The van der Waals surface area contributed by atoms with Crippen LogP contribution in [0.4, 0.5) is 74.6 Å². The summed E-state index contributed by atoms with van der Waals surface area (Å²) in [4.78, 5) is 10.1. The van der Waals surface area contributed by atoms with Crippen LogP contribution in [0.15, 0.2) is 0 Å². The van der Waals surface area contributed by atoms with Crippen LogP contribution in [0.1, 0.15) is 0 Å². The molecule has 0 heterocycles. The number of aliphatic hydroxyl groups excluding tert-OH is 4. The van der Waals surface area contributed by atoms with Crippen LogP contribution in [0.2, 0.25) is 0 Å². The zero-order valence-corrected chi connectivity index (χ0v) is 15.5. The van der Waals surface area contributed by atoms with E-state index in [0.29, 0.717) is 0 Å². The molecule has 0 aliphatic heterocycles. The molecule has 4 N–H and O–H groups in total. The van der Waals surface area contributed by atoms with Gasteiger partial charge in [0.2, 0.25) is 0 Å². The van der Waals surface area contributed by atoms with E-state index in [0.717, 1.165) is 0 Å². The minimum absolute atomic E-state index is 0.872. The van der Waals surface area contributed by atoms with Gasteiger partial charge in [0, 0.05) is 0 Å². The Labute approximate surface area is 179 Å². The van der Waals surface area contributed by atoms with E-state index >= 15 is 0 Å². The van der Waals surface area contributed by atoms with Crippen LogP contribution >= 0.6 is 0 Å². The molecule has 0 aromatic rings. The van der Waals surface area contributed by atoms with E-state index < -0.39 is 78.3 Å². The second kappa shape index (κ2) is 9.01. The second-order valence-corrected chi connectivity index (χ2v) is 6.62. The summed E-state index contributed by atoms with van der Waals surface area (Å²) in [5.74, 6) is -59.3. The SMILES string of the molecule is O=C[C@H](O)[C@@H](O)[C@H](O)[C@@H](O)C(F)(F)C(F)(F)C(F)(F)C(F)(F)C(F)(F)C(F)(F)C(F)(F)C(F)(F)F. The second-order valence-electron chi connectivity index (χ2n) is 6.62. The number of hydrogen-bond donors (Lipinski definition) is 4. The molecule has 0 fully saturated rings. The molecule has 0 rings (SSSR count). The van der Waals surface area contributed by atoms with Crippen molar-refractivity contribution in [3.63, 3.8) is 0 Å². The smallest absolute Gasteiger partial charge is 0.387 e. The van der Waals surface area contributed by atoms with E-state index in [1.807, 2.05) is 0 Å². The Morgan fingerprint density at radius 2 is 0.743 bits per heavy atom. The minimum Gasteiger partial charge on any atom is -0.387 e. The fourth-order valence-electron chi connectivity index (χ4n) is 2.05. The summed E-state index contributed by atoms with van der Waals surface area (Å²) in [5, 5.41) is 35.5. The monoisotopic (exact) mass is 568 g/mol. The molecule has 0 aromatic heterocycles. The lowest BCUT2D eigenvalue weighted by molar-refractivity contribution is -0.465. The molecule has 210 valence electrons. The maximum atomic E-state index is 13.7. The van der Waals surface area contributed by atoms with Gasteiger partial charge in [0.15, 0.2) is 12.4 Å². The Kier molecular flexibility index (Phi) is 8.58. The lowest BCUT2D eigenvalue weighted by Crippen LogP contribution is -2.75. The van der Waals surface area contributed by atoms with Crippen molar-refractivity contribution in [3.05, 3.63) is 0 Å². The van der Waals surface area contributed by atoms with Crippen molar-refractivity contribution in [2.45, 2.75) is 72.0 Å². The van der Waals surface area contributed by atoms with Crippen molar-refractivity contribution in [3.8, 4) is 0 Å². The molecular formula is C13H9F17O5. The van der Waals surface area contributed by atoms with E-state index in [1.54, 1.807) is 0 Å². The molecule has 0 unspecified atom stereocenters. The molecule has 0 spiro atoms. The maximum Gasteiger partial charge on any atom is 0.460 e. The summed E-state index contributed by atoms with van der Waals surface area (Å²) >= 11 is 0. The lowest BCUT2D eigenvalue weighted by Gasteiger charge is -2.44. The first kappa shape index (κ1) is 33.3. The van der Waals surface area contributed by atoms with Gasteiger partial charge in [0.25, 0.3) is 0 Å². The first-order valence-corrected chi connectivity index (χ1v) is 7.85. The highest BCUT2D eigenvalue weighted by Gasteiger charge is 2.95. The molecule has 0 bridgehead atoms. The quantitative estimate of drug-likeness (QED) is 0.227. The summed E-state index contributed by atoms with van der Waals surface area (Å²) in [6.45, 7) is 0. The Hall–Kier alpha value is -1.68. The van der Waals surface area contributed by atoms with Gasteiger partial charge in [-0.1, -0.05) is 0 Å². The molecule has 0 radical (unpaired) electrons. The minimum atomic E-state index is -8.89. The van der Waals surface area contributed by atoms with Crippen LogP contribution in [-0.2, 0) is 4.79 Å². The van der Waals surface area contributed by atoms with E-state index in [4.69, 9.17) is 20.4 Å². The van der Waals surface area contributed by atoms with E-state index in [-0.39, 0.29) is 0 Å². The largest absolute Gasteiger partial charge is 0.460 e. The van der Waals surface area contributed by atoms with Gasteiger partial charge >= 0.3 is 47.6 Å². The van der Waals surface area contributed by atoms with Crippen LogP contribution in [0, 0.1) is 0 Å². The fourth-order valence-corrected chi connectivity index (χ4v) is 2.05. The maximum absolute atomic E-state index is 13.7. The van der Waals surface area contributed by atoms with Crippen LogP contribution in [0.5, 0.6) is 0 Å². The molecule has 0 aliphatic rings. The number of hydrogen-bond acceptors (Lipinski definition) is 5. The van der Waals surface area contributed by atoms with Crippen molar-refractivity contribution in [1.29, 1.82) is 0 Å². The lowest BCUT2D eigenvalue weighted by atomic mass is 9.86. The van der Waals surface area contributed by atoms with Gasteiger partial charge in [-0.25, -0.2) is 0 Å². The summed E-state index contributed by atoms with van der Waals surface area (Å²) < 4.78 is 223. The summed E-state index contributed by atoms with van der Waals surface area (Å²) in [7, 11) is 0. The third kappa shape index (κ3) is 4.49. The van der Waals surface area contributed by atoms with Gasteiger partial charge in [-0.3, -0.25) is 0 Å². The number of aldehydes is 1. The summed E-state index contributed by atoms with van der Waals surface area (Å²) in [6, 6.07) is 0. The number of carbonyl (C=O) groups excluding carboxylic acids is 1. The topological polar surface area (TPSA) is 98.0 Å². The van der Waals surface area contributed by atoms with Crippen LogP contribution in [-0.4, -0.2) is 98.8 Å². The van der Waals surface area contributed by atoms with Crippen molar-refractivity contribution in [1.82, 2.24) is 0 Å². The number of rotatable bonds is 11. The fraction of sp³-hybridized carbons (Fsp3) is 0.923. The van der Waals surface area contributed by atoms with Gasteiger partial charge in [-0.2, -0.15) is 74.6 Å². The average molecular weight is 568 g/mol. The van der Waals surface area contributed by atoms with Crippen LogP contribution in [0.25, 0.3) is 0 Å². The molecule has 0 aromatic carbocycles. The van der Waals surface area contributed by atoms with Gasteiger partial charge in [0.1, 0.15) is 18.3 Å². The number of aliphatic hydroxyl groups is 4. The van der Waals surface area contributed by atoms with Crippen LogP contribution < -0.4 is 0 Å². The molecule has 0 saturated carbocycles. The highest BCUT2D eigenvalue weighted by Crippen LogP contribution is 2.64. The first-order valence-electron chi connectivity index (χ1n) is 7.85. The van der Waals surface area contributed by atoms with Gasteiger partial charge in [0.05, 0.1) is 0 Å². The van der Waals surface area contributed by atoms with Crippen molar-refractivity contribution < 1.29 is 99.9 Å².